The first kappa shape index (κ1) is 17.0. The van der Waals surface area contributed by atoms with Crippen LogP contribution in [0.15, 0.2) is 57.8 Å². The number of rotatable bonds is 1. The normalized spacial score (nSPS) is 11.2. The first-order chi connectivity index (χ1) is 11.6. The number of nitrogens with two attached hydrogens (primary N) is 1. The Kier molecular flexibility index (Phi) is 4.21. The SMILES string of the molecule is N#Cc1c2c(c(=O)n(-c3ccc(Br)cc3)c1N)Cc1ccccc1-2.O. The van der Waals surface area contributed by atoms with Crippen LogP contribution in [0.25, 0.3) is 16.8 Å². The highest BCUT2D eigenvalue weighted by Gasteiger charge is 2.28. The van der Waals surface area contributed by atoms with Crippen molar-refractivity contribution < 1.29 is 5.48 Å². The summed E-state index contributed by atoms with van der Waals surface area (Å²) in [5.41, 5.74) is 10.4. The lowest BCUT2D eigenvalue weighted by atomic mass is 10.0. The Morgan fingerprint density at radius 2 is 1.80 bits per heavy atom. The molecule has 0 atom stereocenters. The number of hydrogen-bond donors (Lipinski definition) is 1. The Hall–Kier alpha value is -2.88. The molecule has 0 saturated heterocycles. The Morgan fingerprint density at radius 3 is 2.48 bits per heavy atom. The van der Waals surface area contributed by atoms with Gasteiger partial charge in [-0.3, -0.25) is 9.36 Å². The van der Waals surface area contributed by atoms with Crippen LogP contribution in [0.5, 0.6) is 0 Å². The number of benzene rings is 2. The molecule has 3 aromatic rings. The maximum Gasteiger partial charge on any atom is 0.260 e. The molecule has 124 valence electrons. The average molecular weight is 396 g/mol. The fraction of sp³-hybridized carbons (Fsp3) is 0.0526. The Morgan fingerprint density at radius 1 is 1.12 bits per heavy atom. The van der Waals surface area contributed by atoms with Crippen molar-refractivity contribution in [2.45, 2.75) is 6.42 Å². The van der Waals surface area contributed by atoms with E-state index in [4.69, 9.17) is 5.73 Å². The molecule has 4 rings (SSSR count). The van der Waals surface area contributed by atoms with Crippen LogP contribution in [0.4, 0.5) is 5.82 Å². The highest BCUT2D eigenvalue weighted by atomic mass is 79.9. The van der Waals surface area contributed by atoms with Gasteiger partial charge in [-0.15, -0.1) is 0 Å². The predicted molar refractivity (Wildman–Crippen MR) is 101 cm³/mol. The maximum absolute atomic E-state index is 13.1. The summed E-state index contributed by atoms with van der Waals surface area (Å²) in [5, 5.41) is 9.66. The molecule has 6 heteroatoms. The highest BCUT2D eigenvalue weighted by Crippen LogP contribution is 2.39. The van der Waals surface area contributed by atoms with Gasteiger partial charge in [0.2, 0.25) is 0 Å². The van der Waals surface area contributed by atoms with Gasteiger partial charge in [-0.05, 0) is 35.4 Å². The lowest BCUT2D eigenvalue weighted by Gasteiger charge is -2.15. The van der Waals surface area contributed by atoms with E-state index in [1.165, 1.54) is 4.57 Å². The minimum Gasteiger partial charge on any atom is -0.412 e. The minimum atomic E-state index is -0.167. The van der Waals surface area contributed by atoms with Gasteiger partial charge in [-0.25, -0.2) is 0 Å². The zero-order chi connectivity index (χ0) is 16.8. The summed E-state index contributed by atoms with van der Waals surface area (Å²) in [6.45, 7) is 0. The monoisotopic (exact) mass is 395 g/mol. The zero-order valence-electron chi connectivity index (χ0n) is 13.1. The van der Waals surface area contributed by atoms with Gasteiger partial charge in [-0.1, -0.05) is 40.2 Å². The van der Waals surface area contributed by atoms with Crippen LogP contribution in [-0.2, 0) is 6.42 Å². The van der Waals surface area contributed by atoms with Gasteiger partial charge in [-0.2, -0.15) is 5.26 Å². The average Bonchev–Trinajstić information content (AvgIpc) is 2.97. The quantitative estimate of drug-likeness (QED) is 0.535. The van der Waals surface area contributed by atoms with Crippen molar-refractivity contribution in [1.82, 2.24) is 4.57 Å². The van der Waals surface area contributed by atoms with E-state index in [2.05, 4.69) is 22.0 Å². The molecule has 5 nitrogen and oxygen atoms in total. The number of nitrogen functional groups attached to an aromatic ring is 1. The fourth-order valence-corrected chi connectivity index (χ4v) is 3.54. The second-order valence-electron chi connectivity index (χ2n) is 5.68. The van der Waals surface area contributed by atoms with E-state index in [9.17, 15) is 10.1 Å². The number of hydrogen-bond acceptors (Lipinski definition) is 3. The molecule has 0 amide bonds. The standard InChI is InChI=1S/C19H12BrN3O.H2O/c20-12-5-7-13(8-6-12)23-18(22)16(10-21)17-14-4-2-1-3-11(14)9-15(17)19(23)24;/h1-8H,9,22H2;1H2. The number of nitriles is 1. The molecular formula is C19H14BrN3O2. The summed E-state index contributed by atoms with van der Waals surface area (Å²) < 4.78 is 2.34. The van der Waals surface area contributed by atoms with Crippen LogP contribution in [0, 0.1) is 11.3 Å². The first-order valence-corrected chi connectivity index (χ1v) is 8.23. The van der Waals surface area contributed by atoms with Crippen LogP contribution in [0.1, 0.15) is 16.7 Å². The van der Waals surface area contributed by atoms with Crippen molar-refractivity contribution in [3.05, 3.63) is 80.0 Å². The van der Waals surface area contributed by atoms with Crippen molar-refractivity contribution in [3.8, 4) is 22.9 Å². The number of pyridine rings is 1. The molecule has 25 heavy (non-hydrogen) atoms. The number of anilines is 1. The van der Waals surface area contributed by atoms with E-state index in [-0.39, 0.29) is 16.9 Å². The van der Waals surface area contributed by atoms with E-state index in [0.717, 1.165) is 15.6 Å². The minimum absolute atomic E-state index is 0. The van der Waals surface area contributed by atoms with Crippen LogP contribution in [0.2, 0.25) is 0 Å². The maximum atomic E-state index is 13.1. The zero-order valence-corrected chi connectivity index (χ0v) is 14.7. The first-order valence-electron chi connectivity index (χ1n) is 7.43. The van der Waals surface area contributed by atoms with E-state index < -0.39 is 0 Å². The molecule has 1 aliphatic rings. The molecule has 1 aliphatic carbocycles. The number of nitrogens with zero attached hydrogens (tertiary/aromatic N) is 2. The van der Waals surface area contributed by atoms with E-state index in [0.29, 0.717) is 28.8 Å². The summed E-state index contributed by atoms with van der Waals surface area (Å²) in [5.74, 6) is 0.181. The third kappa shape index (κ3) is 2.45. The summed E-state index contributed by atoms with van der Waals surface area (Å²) in [7, 11) is 0. The molecule has 1 heterocycles. The third-order valence-electron chi connectivity index (χ3n) is 4.36. The number of fused-ring (bicyclic) bond motifs is 3. The Balaban J connectivity index is 0.00000182. The molecule has 0 spiro atoms. The highest BCUT2D eigenvalue weighted by molar-refractivity contribution is 9.10. The van der Waals surface area contributed by atoms with Gasteiger partial charge in [0.1, 0.15) is 17.5 Å². The van der Waals surface area contributed by atoms with Crippen molar-refractivity contribution in [3.63, 3.8) is 0 Å². The lowest BCUT2D eigenvalue weighted by molar-refractivity contribution is 0.824. The molecule has 0 fully saturated rings. The van der Waals surface area contributed by atoms with Crippen molar-refractivity contribution in [2.75, 3.05) is 5.73 Å². The molecule has 0 saturated carbocycles. The van der Waals surface area contributed by atoms with Crippen LogP contribution >= 0.6 is 15.9 Å². The molecule has 2 aromatic carbocycles. The summed E-state index contributed by atoms with van der Waals surface area (Å²) in [6.07, 6.45) is 0.524. The van der Waals surface area contributed by atoms with E-state index >= 15 is 0 Å². The van der Waals surface area contributed by atoms with Gasteiger partial charge >= 0.3 is 0 Å². The van der Waals surface area contributed by atoms with Crippen molar-refractivity contribution in [2.24, 2.45) is 0 Å². The van der Waals surface area contributed by atoms with Crippen LogP contribution in [0.3, 0.4) is 0 Å². The molecule has 0 bridgehead atoms. The van der Waals surface area contributed by atoms with E-state index in [1.807, 2.05) is 36.4 Å². The van der Waals surface area contributed by atoms with E-state index in [1.54, 1.807) is 12.1 Å². The second-order valence-corrected chi connectivity index (χ2v) is 6.59. The Labute approximate surface area is 152 Å². The summed E-state index contributed by atoms with van der Waals surface area (Å²) >= 11 is 3.38. The summed E-state index contributed by atoms with van der Waals surface area (Å²) in [6, 6.07) is 17.2. The number of aromatic nitrogens is 1. The van der Waals surface area contributed by atoms with Gasteiger partial charge in [0, 0.05) is 22.0 Å². The largest absolute Gasteiger partial charge is 0.412 e. The van der Waals surface area contributed by atoms with Gasteiger partial charge in [0.25, 0.3) is 5.56 Å². The summed E-state index contributed by atoms with van der Waals surface area (Å²) in [4.78, 5) is 13.1. The van der Waals surface area contributed by atoms with Crippen LogP contribution in [-0.4, -0.2) is 10.0 Å². The van der Waals surface area contributed by atoms with Gasteiger partial charge < -0.3 is 11.2 Å². The van der Waals surface area contributed by atoms with Crippen LogP contribution < -0.4 is 11.3 Å². The third-order valence-corrected chi connectivity index (χ3v) is 4.89. The number of halogens is 1. The fourth-order valence-electron chi connectivity index (χ4n) is 3.27. The molecular weight excluding hydrogens is 382 g/mol. The lowest BCUT2D eigenvalue weighted by Crippen LogP contribution is -2.26. The van der Waals surface area contributed by atoms with Crippen molar-refractivity contribution >= 4 is 21.7 Å². The second kappa shape index (κ2) is 6.20. The molecule has 0 radical (unpaired) electrons. The smallest absolute Gasteiger partial charge is 0.260 e. The van der Waals surface area contributed by atoms with Gasteiger partial charge in [0.15, 0.2) is 0 Å². The van der Waals surface area contributed by atoms with Crippen molar-refractivity contribution in [1.29, 1.82) is 5.26 Å². The van der Waals surface area contributed by atoms with Gasteiger partial charge in [0.05, 0.1) is 5.69 Å². The molecule has 0 aliphatic heterocycles. The molecule has 4 N–H and O–H groups in total. The predicted octanol–water partition coefficient (Wildman–Crippen LogP) is 2.80. The topological polar surface area (TPSA) is 103 Å². The molecule has 1 aromatic heterocycles. The molecule has 0 unspecified atom stereocenters. The Bertz CT molecular complexity index is 1080.